The largest absolute Gasteiger partial charge is 0.478 e. The zero-order valence-electron chi connectivity index (χ0n) is 24.0. The number of aliphatic hydroxyl groups excluding tert-OH is 3. The van der Waals surface area contributed by atoms with Crippen molar-refractivity contribution >= 4 is 39.5 Å². The fourth-order valence-corrected chi connectivity index (χ4v) is 4.91. The number of aromatic carboxylic acids is 3. The molecular weight excluding hydrogens is 621 g/mol. The van der Waals surface area contributed by atoms with Gasteiger partial charge < -0.3 is 35.4 Å². The summed E-state index contributed by atoms with van der Waals surface area (Å²) in [5, 5.41) is 54.2. The van der Waals surface area contributed by atoms with E-state index in [4.69, 9.17) is 25.2 Å². The Balaban J connectivity index is 0.000000181. The molecule has 0 aliphatic carbocycles. The molecule has 0 amide bonds. The Kier molecular flexibility index (Phi) is 13.4. The summed E-state index contributed by atoms with van der Waals surface area (Å²) >= 11 is 1.27. The minimum atomic E-state index is -1.15. The van der Waals surface area contributed by atoms with Gasteiger partial charge in [-0.25, -0.2) is 23.8 Å². The molecule has 1 fully saturated rings. The summed E-state index contributed by atoms with van der Waals surface area (Å²) in [5.74, 6) is -3.02. The third-order valence-electron chi connectivity index (χ3n) is 6.21. The van der Waals surface area contributed by atoms with E-state index in [2.05, 4.69) is 4.98 Å². The van der Waals surface area contributed by atoms with Gasteiger partial charge in [0.05, 0.1) is 33.5 Å². The molecule has 11 nitrogen and oxygen atoms in total. The number of carbonyl (C=O) groups is 3. The molecule has 0 unspecified atom stereocenters. The number of ether oxygens (including phenoxy) is 1. The number of rotatable bonds is 5. The first-order valence-corrected chi connectivity index (χ1v) is 14.4. The molecule has 6 N–H and O–H groups in total. The summed E-state index contributed by atoms with van der Waals surface area (Å²) in [5.41, 5.74) is 1.48. The van der Waals surface area contributed by atoms with Crippen LogP contribution in [-0.2, 0) is 4.74 Å². The van der Waals surface area contributed by atoms with Gasteiger partial charge >= 0.3 is 17.9 Å². The second-order valence-electron chi connectivity index (χ2n) is 9.44. The van der Waals surface area contributed by atoms with Crippen LogP contribution >= 0.6 is 11.3 Å². The molecule has 6 rings (SSSR count). The van der Waals surface area contributed by atoms with Crippen LogP contribution in [0.1, 0.15) is 42.2 Å². The summed E-state index contributed by atoms with van der Waals surface area (Å²) in [6, 6.07) is 29.1. The maximum atomic E-state index is 13.1. The van der Waals surface area contributed by atoms with E-state index in [1.54, 1.807) is 97.1 Å². The SMILES string of the molecule is O=C(O)c1ccccc1.O=C(O)c1ccccc1.O=C(O)c1ccccc1.OC[C@H]1O[C@@H](c2nc3cc(F)ccc3s2)[C@H](O)[C@@H]1O. The highest BCUT2D eigenvalue weighted by Gasteiger charge is 2.44. The molecule has 2 heterocycles. The minimum Gasteiger partial charge on any atom is -0.478 e. The van der Waals surface area contributed by atoms with Gasteiger partial charge in [0.15, 0.2) is 0 Å². The summed E-state index contributed by atoms with van der Waals surface area (Å²) < 4.78 is 19.2. The third-order valence-corrected chi connectivity index (χ3v) is 7.31. The van der Waals surface area contributed by atoms with Gasteiger partial charge in [-0.3, -0.25) is 0 Å². The molecule has 4 atom stereocenters. The lowest BCUT2D eigenvalue weighted by atomic mass is 10.1. The highest BCUT2D eigenvalue weighted by Crippen LogP contribution is 2.37. The second kappa shape index (κ2) is 17.4. The number of carboxylic acids is 3. The number of nitrogens with zero attached hydrogens (tertiary/aromatic N) is 1. The molecule has 1 saturated heterocycles. The lowest BCUT2D eigenvalue weighted by molar-refractivity contribution is -0.0227. The number of carboxylic acid groups (broad SMARTS) is 3. The molecule has 1 aliphatic heterocycles. The fraction of sp³-hybridized carbons (Fsp3) is 0.152. The van der Waals surface area contributed by atoms with Crippen molar-refractivity contribution in [2.45, 2.75) is 24.4 Å². The molecule has 5 aromatic rings. The van der Waals surface area contributed by atoms with Crippen LogP contribution in [0.4, 0.5) is 4.39 Å². The van der Waals surface area contributed by atoms with E-state index < -0.39 is 42.3 Å². The van der Waals surface area contributed by atoms with Crippen molar-refractivity contribution in [2.24, 2.45) is 0 Å². The molecule has 4 aromatic carbocycles. The smallest absolute Gasteiger partial charge is 0.335 e. The standard InChI is InChI=1S/C12H12FNO4S.3C7H6O2/c13-5-1-2-8-6(3-5)14-12(19-8)11-10(17)9(16)7(4-15)18-11;3*8-7(9)6-4-2-1-3-5-6/h1-3,7,9-11,15-17H,4H2;3*1-5H,(H,8,9)/t7-,9-,10-,11-;;;/m1.../s1. The highest BCUT2D eigenvalue weighted by atomic mass is 32.1. The van der Waals surface area contributed by atoms with Gasteiger partial charge in [0.2, 0.25) is 0 Å². The molecule has 0 spiro atoms. The predicted octanol–water partition coefficient (Wildman–Crippen LogP) is 4.74. The fourth-order valence-electron chi connectivity index (χ4n) is 3.89. The van der Waals surface area contributed by atoms with E-state index in [0.29, 0.717) is 27.2 Å². The first-order chi connectivity index (χ1) is 22.0. The first-order valence-electron chi connectivity index (χ1n) is 13.5. The van der Waals surface area contributed by atoms with Crippen LogP contribution in [0, 0.1) is 5.82 Å². The summed E-state index contributed by atoms with van der Waals surface area (Å²) in [7, 11) is 0. The Labute approximate surface area is 266 Å². The number of aromatic nitrogens is 1. The Hall–Kier alpha value is -5.05. The van der Waals surface area contributed by atoms with Gasteiger partial charge in [-0.15, -0.1) is 11.3 Å². The van der Waals surface area contributed by atoms with Crippen molar-refractivity contribution in [3.8, 4) is 0 Å². The molecule has 13 heteroatoms. The molecule has 0 radical (unpaired) electrons. The van der Waals surface area contributed by atoms with Crippen molar-refractivity contribution in [3.63, 3.8) is 0 Å². The van der Waals surface area contributed by atoms with Crippen LogP contribution in [0.5, 0.6) is 0 Å². The Morgan fingerprint density at radius 3 is 1.48 bits per heavy atom. The van der Waals surface area contributed by atoms with Crippen LogP contribution in [0.15, 0.2) is 109 Å². The number of aliphatic hydroxyl groups is 3. The van der Waals surface area contributed by atoms with E-state index in [1.807, 2.05) is 0 Å². The molecule has 0 saturated carbocycles. The zero-order valence-corrected chi connectivity index (χ0v) is 24.8. The van der Waals surface area contributed by atoms with Gasteiger partial charge in [0.1, 0.15) is 35.2 Å². The van der Waals surface area contributed by atoms with Crippen molar-refractivity contribution in [1.82, 2.24) is 4.98 Å². The zero-order chi connectivity index (χ0) is 33.6. The topological polar surface area (TPSA) is 195 Å². The number of thiazole rings is 1. The monoisotopic (exact) mass is 651 g/mol. The van der Waals surface area contributed by atoms with Crippen molar-refractivity contribution in [3.05, 3.63) is 137 Å². The van der Waals surface area contributed by atoms with Crippen molar-refractivity contribution in [2.75, 3.05) is 6.61 Å². The van der Waals surface area contributed by atoms with Crippen LogP contribution in [0.3, 0.4) is 0 Å². The number of halogens is 1. The quantitative estimate of drug-likeness (QED) is 0.154. The van der Waals surface area contributed by atoms with E-state index in [0.717, 1.165) is 4.70 Å². The summed E-state index contributed by atoms with van der Waals surface area (Å²) in [6.45, 7) is -0.381. The molecule has 1 aromatic heterocycles. The van der Waals surface area contributed by atoms with Crippen LogP contribution in [0.2, 0.25) is 0 Å². The van der Waals surface area contributed by atoms with Gasteiger partial charge in [-0.1, -0.05) is 54.6 Å². The van der Waals surface area contributed by atoms with Gasteiger partial charge in [0, 0.05) is 6.07 Å². The summed E-state index contributed by atoms with van der Waals surface area (Å²) in [6.07, 6.45) is -3.93. The van der Waals surface area contributed by atoms with Crippen molar-refractivity contribution < 1.29 is 54.2 Å². The van der Waals surface area contributed by atoms with E-state index >= 15 is 0 Å². The Bertz CT molecular complexity index is 1590. The molecular formula is C33H30FNO10S. The molecule has 1 aliphatic rings. The molecule has 240 valence electrons. The second-order valence-corrected chi connectivity index (χ2v) is 10.5. The average molecular weight is 652 g/mol. The van der Waals surface area contributed by atoms with Crippen LogP contribution < -0.4 is 0 Å². The number of hydrogen-bond donors (Lipinski definition) is 6. The first kappa shape index (κ1) is 35.4. The van der Waals surface area contributed by atoms with Crippen LogP contribution in [-0.4, -0.2) is 78.4 Å². The van der Waals surface area contributed by atoms with E-state index in [9.17, 15) is 29.0 Å². The highest BCUT2D eigenvalue weighted by molar-refractivity contribution is 7.18. The predicted molar refractivity (Wildman–Crippen MR) is 166 cm³/mol. The Morgan fingerprint density at radius 2 is 1.13 bits per heavy atom. The van der Waals surface area contributed by atoms with Gasteiger partial charge in [0.25, 0.3) is 0 Å². The lowest BCUT2D eigenvalue weighted by Gasteiger charge is -2.11. The normalized spacial score (nSPS) is 18.1. The van der Waals surface area contributed by atoms with Crippen LogP contribution in [0.25, 0.3) is 10.2 Å². The van der Waals surface area contributed by atoms with Crippen molar-refractivity contribution in [1.29, 1.82) is 0 Å². The summed E-state index contributed by atoms with van der Waals surface area (Å²) in [4.78, 5) is 34.8. The maximum absolute atomic E-state index is 13.1. The maximum Gasteiger partial charge on any atom is 0.335 e. The number of hydrogen-bond acceptors (Lipinski definition) is 9. The molecule has 46 heavy (non-hydrogen) atoms. The lowest BCUT2D eigenvalue weighted by Crippen LogP contribution is -2.32. The molecule has 0 bridgehead atoms. The van der Waals surface area contributed by atoms with Gasteiger partial charge in [-0.05, 0) is 48.5 Å². The number of fused-ring (bicyclic) bond motifs is 1. The van der Waals surface area contributed by atoms with Gasteiger partial charge in [-0.2, -0.15) is 0 Å². The number of benzene rings is 4. The average Bonchev–Trinajstić information content (AvgIpc) is 3.62. The minimum absolute atomic E-state index is 0.331. The Morgan fingerprint density at radius 1 is 0.696 bits per heavy atom. The van der Waals surface area contributed by atoms with E-state index in [-0.39, 0.29) is 12.4 Å². The third kappa shape index (κ3) is 10.3. The van der Waals surface area contributed by atoms with E-state index in [1.165, 1.54) is 23.5 Å².